The Bertz CT molecular complexity index is 642. The molecule has 0 saturated carbocycles. The molecule has 3 rings (SSSR count). The Morgan fingerprint density at radius 3 is 2.59 bits per heavy atom. The molecular weight excluding hydrogens is 274 g/mol. The summed E-state index contributed by atoms with van der Waals surface area (Å²) in [5.41, 5.74) is 3.19. The van der Waals surface area contributed by atoms with Crippen LogP contribution in [-0.2, 0) is 0 Å². The summed E-state index contributed by atoms with van der Waals surface area (Å²) in [5, 5.41) is 6.29. The van der Waals surface area contributed by atoms with Crippen molar-refractivity contribution in [1.82, 2.24) is 10.2 Å². The van der Waals surface area contributed by atoms with E-state index in [2.05, 4.69) is 35.8 Å². The maximum Gasteiger partial charge on any atom is 0.322 e. The first-order valence-corrected chi connectivity index (χ1v) is 7.73. The monoisotopic (exact) mass is 295 g/mol. The summed E-state index contributed by atoms with van der Waals surface area (Å²) < 4.78 is 0. The summed E-state index contributed by atoms with van der Waals surface area (Å²) in [6.45, 7) is 4.44. The lowest BCUT2D eigenvalue weighted by Gasteiger charge is -2.37. The number of hydrogen-bond acceptors (Lipinski definition) is 2. The second kappa shape index (κ2) is 6.62. The predicted molar refractivity (Wildman–Crippen MR) is 89.0 cm³/mol. The smallest absolute Gasteiger partial charge is 0.315 e. The lowest BCUT2D eigenvalue weighted by Crippen LogP contribution is -2.45. The SMILES string of the molecule is CCNCCN1C(=O)Nc2ccccc2C1c1ccccc1. The lowest BCUT2D eigenvalue weighted by molar-refractivity contribution is 0.195. The van der Waals surface area contributed by atoms with Crippen molar-refractivity contribution in [3.63, 3.8) is 0 Å². The number of carbonyl (C=O) groups is 1. The predicted octanol–water partition coefficient (Wildman–Crippen LogP) is 3.23. The minimum absolute atomic E-state index is 0.0366. The first-order valence-electron chi connectivity index (χ1n) is 7.73. The molecule has 4 heteroatoms. The molecule has 0 aliphatic carbocycles. The first-order chi connectivity index (χ1) is 10.8. The highest BCUT2D eigenvalue weighted by Gasteiger charge is 2.32. The molecule has 22 heavy (non-hydrogen) atoms. The van der Waals surface area contributed by atoms with Crippen LogP contribution in [-0.4, -0.2) is 30.6 Å². The number of benzene rings is 2. The van der Waals surface area contributed by atoms with Crippen molar-refractivity contribution in [3.05, 3.63) is 65.7 Å². The fourth-order valence-electron chi connectivity index (χ4n) is 2.92. The quantitative estimate of drug-likeness (QED) is 0.832. The maximum atomic E-state index is 12.5. The number of rotatable bonds is 5. The van der Waals surface area contributed by atoms with Gasteiger partial charge in [0.05, 0.1) is 6.04 Å². The number of likely N-dealkylation sites (N-methyl/N-ethyl adjacent to an activating group) is 1. The van der Waals surface area contributed by atoms with E-state index in [1.807, 2.05) is 41.3 Å². The number of carbonyl (C=O) groups excluding carboxylic acids is 1. The molecule has 2 amide bonds. The molecule has 1 aliphatic heterocycles. The second-order valence-corrected chi connectivity index (χ2v) is 5.38. The molecule has 0 radical (unpaired) electrons. The number of nitrogens with one attached hydrogen (secondary N) is 2. The number of fused-ring (bicyclic) bond motifs is 1. The van der Waals surface area contributed by atoms with Gasteiger partial charge in [-0.2, -0.15) is 0 Å². The summed E-state index contributed by atoms with van der Waals surface area (Å²) in [5.74, 6) is 0. The van der Waals surface area contributed by atoms with E-state index in [1.165, 1.54) is 0 Å². The average molecular weight is 295 g/mol. The first kappa shape index (κ1) is 14.6. The van der Waals surface area contributed by atoms with Crippen molar-refractivity contribution in [2.75, 3.05) is 25.0 Å². The Morgan fingerprint density at radius 1 is 1.09 bits per heavy atom. The van der Waals surface area contributed by atoms with Gasteiger partial charge < -0.3 is 15.5 Å². The molecule has 0 saturated heterocycles. The molecule has 0 bridgehead atoms. The molecular formula is C18H21N3O. The molecule has 4 nitrogen and oxygen atoms in total. The van der Waals surface area contributed by atoms with Gasteiger partial charge in [-0.3, -0.25) is 0 Å². The van der Waals surface area contributed by atoms with Gasteiger partial charge in [0, 0.05) is 24.3 Å². The van der Waals surface area contributed by atoms with Gasteiger partial charge in [0.25, 0.3) is 0 Å². The number of nitrogens with zero attached hydrogens (tertiary/aromatic N) is 1. The van der Waals surface area contributed by atoms with Crippen molar-refractivity contribution in [3.8, 4) is 0 Å². The molecule has 114 valence electrons. The minimum Gasteiger partial charge on any atom is -0.315 e. The molecule has 1 atom stereocenters. The van der Waals surface area contributed by atoms with Crippen molar-refractivity contribution >= 4 is 11.7 Å². The Labute approximate surface area is 131 Å². The van der Waals surface area contributed by atoms with Crippen LogP contribution in [0.3, 0.4) is 0 Å². The summed E-state index contributed by atoms with van der Waals surface area (Å²) in [4.78, 5) is 14.4. The second-order valence-electron chi connectivity index (χ2n) is 5.38. The molecule has 0 fully saturated rings. The zero-order valence-electron chi connectivity index (χ0n) is 12.8. The zero-order chi connectivity index (χ0) is 15.4. The van der Waals surface area contributed by atoms with E-state index in [4.69, 9.17) is 0 Å². The Kier molecular flexibility index (Phi) is 4.39. The average Bonchev–Trinajstić information content (AvgIpc) is 2.56. The Morgan fingerprint density at radius 2 is 1.82 bits per heavy atom. The fourth-order valence-corrected chi connectivity index (χ4v) is 2.92. The van der Waals surface area contributed by atoms with Gasteiger partial charge in [-0.25, -0.2) is 4.79 Å². The van der Waals surface area contributed by atoms with E-state index in [1.54, 1.807) is 0 Å². The molecule has 1 aliphatic rings. The van der Waals surface area contributed by atoms with Crippen molar-refractivity contribution < 1.29 is 4.79 Å². The third kappa shape index (κ3) is 2.83. The van der Waals surface area contributed by atoms with Crippen molar-refractivity contribution in [2.45, 2.75) is 13.0 Å². The van der Waals surface area contributed by atoms with Gasteiger partial charge in [-0.15, -0.1) is 0 Å². The van der Waals surface area contributed by atoms with Crippen LogP contribution in [0.25, 0.3) is 0 Å². The highest BCUT2D eigenvalue weighted by atomic mass is 16.2. The van der Waals surface area contributed by atoms with Gasteiger partial charge in [0.15, 0.2) is 0 Å². The fraction of sp³-hybridized carbons (Fsp3) is 0.278. The molecule has 2 aromatic carbocycles. The summed E-state index contributed by atoms with van der Waals surface area (Å²) in [6, 6.07) is 18.2. The van der Waals surface area contributed by atoms with Crippen LogP contribution in [0.4, 0.5) is 10.5 Å². The summed E-state index contributed by atoms with van der Waals surface area (Å²) in [7, 11) is 0. The van der Waals surface area contributed by atoms with Gasteiger partial charge in [-0.05, 0) is 18.2 Å². The van der Waals surface area contributed by atoms with Crippen LogP contribution in [0.1, 0.15) is 24.1 Å². The number of anilines is 1. The topological polar surface area (TPSA) is 44.4 Å². The Balaban J connectivity index is 1.99. The number of amides is 2. The van der Waals surface area contributed by atoms with Gasteiger partial charge in [0.1, 0.15) is 0 Å². The van der Waals surface area contributed by atoms with E-state index in [9.17, 15) is 4.79 Å². The maximum absolute atomic E-state index is 12.5. The van der Waals surface area contributed by atoms with Crippen LogP contribution < -0.4 is 10.6 Å². The molecule has 0 aromatic heterocycles. The Hall–Kier alpha value is -2.33. The number of para-hydroxylation sites is 1. The molecule has 1 unspecified atom stereocenters. The third-order valence-electron chi connectivity index (χ3n) is 3.96. The van der Waals surface area contributed by atoms with Crippen molar-refractivity contribution in [1.29, 1.82) is 0 Å². The lowest BCUT2D eigenvalue weighted by atomic mass is 9.94. The van der Waals surface area contributed by atoms with Gasteiger partial charge >= 0.3 is 6.03 Å². The summed E-state index contributed by atoms with van der Waals surface area (Å²) >= 11 is 0. The van der Waals surface area contributed by atoms with Gasteiger partial charge in [0.2, 0.25) is 0 Å². The highest BCUT2D eigenvalue weighted by Crippen LogP contribution is 2.37. The standard InChI is InChI=1S/C18H21N3O/c1-2-19-12-13-21-17(14-8-4-3-5-9-14)15-10-6-7-11-16(15)20-18(21)22/h3-11,17,19H,2,12-13H2,1H3,(H,20,22). The van der Waals surface area contributed by atoms with E-state index in [0.717, 1.165) is 29.9 Å². The van der Waals surface area contributed by atoms with E-state index >= 15 is 0 Å². The molecule has 2 N–H and O–H groups in total. The number of hydrogen-bond donors (Lipinski definition) is 2. The zero-order valence-corrected chi connectivity index (χ0v) is 12.8. The van der Waals surface area contributed by atoms with Crippen LogP contribution in [0, 0.1) is 0 Å². The van der Waals surface area contributed by atoms with E-state index < -0.39 is 0 Å². The van der Waals surface area contributed by atoms with Gasteiger partial charge in [-0.1, -0.05) is 55.5 Å². The number of urea groups is 1. The third-order valence-corrected chi connectivity index (χ3v) is 3.96. The van der Waals surface area contributed by atoms with Crippen LogP contribution in [0.15, 0.2) is 54.6 Å². The normalized spacial score (nSPS) is 17.0. The van der Waals surface area contributed by atoms with E-state index in [0.29, 0.717) is 6.54 Å². The van der Waals surface area contributed by atoms with Crippen LogP contribution in [0.2, 0.25) is 0 Å². The van der Waals surface area contributed by atoms with Crippen molar-refractivity contribution in [2.24, 2.45) is 0 Å². The van der Waals surface area contributed by atoms with Crippen LogP contribution >= 0.6 is 0 Å². The molecule has 0 spiro atoms. The van der Waals surface area contributed by atoms with E-state index in [-0.39, 0.29) is 12.1 Å². The summed E-state index contributed by atoms with van der Waals surface area (Å²) in [6.07, 6.45) is 0. The minimum atomic E-state index is -0.0372. The van der Waals surface area contributed by atoms with Crippen LogP contribution in [0.5, 0.6) is 0 Å². The largest absolute Gasteiger partial charge is 0.322 e. The molecule has 2 aromatic rings. The highest BCUT2D eigenvalue weighted by molar-refractivity contribution is 5.93. The molecule has 1 heterocycles.